The molecule has 22 heavy (non-hydrogen) atoms. The zero-order valence-electron chi connectivity index (χ0n) is 12.0. The van der Waals surface area contributed by atoms with Gasteiger partial charge in [-0.1, -0.05) is 23.7 Å². The van der Waals surface area contributed by atoms with Gasteiger partial charge in [-0.25, -0.2) is 0 Å². The van der Waals surface area contributed by atoms with Crippen LogP contribution in [0.3, 0.4) is 0 Å². The molecule has 0 unspecified atom stereocenters. The van der Waals surface area contributed by atoms with E-state index in [2.05, 4.69) is 20.8 Å². The minimum Gasteiger partial charge on any atom is -0.491 e. The van der Waals surface area contributed by atoms with E-state index in [9.17, 15) is 4.79 Å². The number of nitrogens with zero attached hydrogens (tertiary/aromatic N) is 2. The van der Waals surface area contributed by atoms with E-state index in [0.717, 1.165) is 29.8 Å². The molecular weight excluding hydrogens is 304 g/mol. The van der Waals surface area contributed by atoms with E-state index in [4.69, 9.17) is 16.3 Å². The van der Waals surface area contributed by atoms with Crippen molar-refractivity contribution in [1.82, 2.24) is 15.5 Å². The lowest BCUT2D eigenvalue weighted by atomic mass is 10.1. The number of fused-ring (bicyclic) bond motifs is 1. The van der Waals surface area contributed by atoms with Crippen LogP contribution in [-0.4, -0.2) is 29.8 Å². The van der Waals surface area contributed by atoms with Crippen LogP contribution in [0.1, 0.15) is 22.5 Å². The van der Waals surface area contributed by atoms with Gasteiger partial charge in [0.15, 0.2) is 10.8 Å². The van der Waals surface area contributed by atoms with E-state index >= 15 is 0 Å². The molecule has 1 aromatic heterocycles. The maximum Gasteiger partial charge on any atom is 0.273 e. The van der Waals surface area contributed by atoms with Gasteiger partial charge < -0.3 is 15.4 Å². The molecule has 2 aromatic rings. The summed E-state index contributed by atoms with van der Waals surface area (Å²) in [5.41, 5.74) is 2.60. The van der Waals surface area contributed by atoms with Crippen LogP contribution in [0.25, 0.3) is 0 Å². The van der Waals surface area contributed by atoms with Crippen molar-refractivity contribution in [3.8, 4) is 5.75 Å². The Morgan fingerprint density at radius 2 is 2.18 bits per heavy atom. The molecule has 0 radical (unpaired) electrons. The first-order valence-electron chi connectivity index (χ1n) is 6.96. The summed E-state index contributed by atoms with van der Waals surface area (Å²) < 4.78 is 5.75. The number of hydrogen-bond acceptors (Lipinski definition) is 5. The molecule has 0 saturated carbocycles. The molecule has 1 aliphatic heterocycles. The van der Waals surface area contributed by atoms with Gasteiger partial charge in [0, 0.05) is 13.1 Å². The Morgan fingerprint density at radius 3 is 3.00 bits per heavy atom. The highest BCUT2D eigenvalue weighted by Crippen LogP contribution is 2.35. The second-order valence-electron chi connectivity index (χ2n) is 4.88. The standard InChI is InChI=1S/C15H15ClN4O2/c1-17-15(21)13-11(8-12(16)19-20-13)18-10-6-2-4-9-5-3-7-22-14(9)10/h2,4,6,8H,3,5,7H2,1H3,(H,17,21)(H,18,19). The van der Waals surface area contributed by atoms with Crippen molar-refractivity contribution in [3.63, 3.8) is 0 Å². The number of para-hydroxylation sites is 1. The average Bonchev–Trinajstić information content (AvgIpc) is 2.55. The van der Waals surface area contributed by atoms with Crippen molar-refractivity contribution in [2.45, 2.75) is 12.8 Å². The van der Waals surface area contributed by atoms with Gasteiger partial charge in [-0.3, -0.25) is 4.79 Å². The molecule has 3 rings (SSSR count). The summed E-state index contributed by atoms with van der Waals surface area (Å²) in [7, 11) is 1.54. The maximum atomic E-state index is 11.9. The van der Waals surface area contributed by atoms with Crippen molar-refractivity contribution in [3.05, 3.63) is 40.7 Å². The van der Waals surface area contributed by atoms with Gasteiger partial charge in [0.25, 0.3) is 5.91 Å². The van der Waals surface area contributed by atoms with Gasteiger partial charge >= 0.3 is 0 Å². The number of carbonyl (C=O) groups excluding carboxylic acids is 1. The Kier molecular flexibility index (Phi) is 4.11. The minimum absolute atomic E-state index is 0.181. The van der Waals surface area contributed by atoms with Crippen LogP contribution in [0.2, 0.25) is 5.15 Å². The second kappa shape index (κ2) is 6.19. The third-order valence-corrected chi connectivity index (χ3v) is 3.59. The molecule has 0 fully saturated rings. The van der Waals surface area contributed by atoms with E-state index in [-0.39, 0.29) is 16.8 Å². The van der Waals surface area contributed by atoms with Gasteiger partial charge in [-0.15, -0.1) is 10.2 Å². The zero-order chi connectivity index (χ0) is 15.5. The first-order valence-corrected chi connectivity index (χ1v) is 7.34. The smallest absolute Gasteiger partial charge is 0.273 e. The number of rotatable bonds is 3. The Morgan fingerprint density at radius 1 is 1.32 bits per heavy atom. The third-order valence-electron chi connectivity index (χ3n) is 3.41. The summed E-state index contributed by atoms with van der Waals surface area (Å²) >= 11 is 5.90. The lowest BCUT2D eigenvalue weighted by molar-refractivity contribution is 0.0958. The lowest BCUT2D eigenvalue weighted by Crippen LogP contribution is -2.21. The first-order chi connectivity index (χ1) is 10.7. The number of benzene rings is 1. The fraction of sp³-hybridized carbons (Fsp3) is 0.267. The predicted molar refractivity (Wildman–Crippen MR) is 84.0 cm³/mol. The lowest BCUT2D eigenvalue weighted by Gasteiger charge is -2.21. The van der Waals surface area contributed by atoms with Gasteiger partial charge in [0.05, 0.1) is 18.0 Å². The molecule has 0 bridgehead atoms. The summed E-state index contributed by atoms with van der Waals surface area (Å²) in [5, 5.41) is 13.5. The normalized spacial score (nSPS) is 13.0. The predicted octanol–water partition coefficient (Wildman–Crippen LogP) is 2.56. The average molecular weight is 319 g/mol. The van der Waals surface area contributed by atoms with Crippen molar-refractivity contribution >= 4 is 28.9 Å². The summed E-state index contributed by atoms with van der Waals surface area (Å²) in [6, 6.07) is 7.45. The number of carbonyl (C=O) groups is 1. The van der Waals surface area contributed by atoms with E-state index in [1.165, 1.54) is 7.05 Å². The summed E-state index contributed by atoms with van der Waals surface area (Å²) in [5.74, 6) is 0.474. The molecule has 1 aliphatic rings. The van der Waals surface area contributed by atoms with Crippen LogP contribution in [-0.2, 0) is 6.42 Å². The molecule has 114 valence electrons. The van der Waals surface area contributed by atoms with Gasteiger partial charge in [-0.2, -0.15) is 0 Å². The van der Waals surface area contributed by atoms with Crippen LogP contribution in [0, 0.1) is 0 Å². The van der Waals surface area contributed by atoms with Crippen LogP contribution >= 0.6 is 11.6 Å². The molecule has 1 amide bonds. The van der Waals surface area contributed by atoms with E-state index in [0.29, 0.717) is 12.3 Å². The van der Waals surface area contributed by atoms with Gasteiger partial charge in [0.2, 0.25) is 0 Å². The molecule has 2 heterocycles. The zero-order valence-corrected chi connectivity index (χ0v) is 12.8. The fourth-order valence-electron chi connectivity index (χ4n) is 2.38. The highest BCUT2D eigenvalue weighted by molar-refractivity contribution is 6.29. The number of aryl methyl sites for hydroxylation is 1. The molecule has 0 aliphatic carbocycles. The number of nitrogens with one attached hydrogen (secondary N) is 2. The molecule has 7 heteroatoms. The van der Waals surface area contributed by atoms with Crippen molar-refractivity contribution in [2.75, 3.05) is 19.0 Å². The minimum atomic E-state index is -0.336. The quantitative estimate of drug-likeness (QED) is 0.909. The van der Waals surface area contributed by atoms with E-state index in [1.54, 1.807) is 6.07 Å². The van der Waals surface area contributed by atoms with Gasteiger partial charge in [0.1, 0.15) is 5.75 Å². The third kappa shape index (κ3) is 2.82. The van der Waals surface area contributed by atoms with E-state index < -0.39 is 0 Å². The number of halogens is 1. The Balaban J connectivity index is 2.00. The number of aromatic nitrogens is 2. The SMILES string of the molecule is CNC(=O)c1nnc(Cl)cc1Nc1cccc2c1OCCC2. The van der Waals surface area contributed by atoms with Gasteiger partial charge in [-0.05, 0) is 24.5 Å². The molecule has 0 saturated heterocycles. The molecule has 2 N–H and O–H groups in total. The number of amides is 1. The van der Waals surface area contributed by atoms with Crippen LogP contribution in [0.5, 0.6) is 5.75 Å². The maximum absolute atomic E-state index is 11.9. The number of hydrogen-bond donors (Lipinski definition) is 2. The Labute approximate surface area is 132 Å². The van der Waals surface area contributed by atoms with Crippen molar-refractivity contribution in [2.24, 2.45) is 0 Å². The van der Waals surface area contributed by atoms with Crippen LogP contribution in [0.4, 0.5) is 11.4 Å². The molecule has 0 atom stereocenters. The summed E-state index contributed by atoms with van der Waals surface area (Å²) in [6.07, 6.45) is 1.98. The van der Waals surface area contributed by atoms with Crippen LogP contribution in [0.15, 0.2) is 24.3 Å². The van der Waals surface area contributed by atoms with Crippen molar-refractivity contribution in [1.29, 1.82) is 0 Å². The monoisotopic (exact) mass is 318 g/mol. The number of ether oxygens (including phenoxy) is 1. The van der Waals surface area contributed by atoms with Crippen molar-refractivity contribution < 1.29 is 9.53 Å². The largest absolute Gasteiger partial charge is 0.491 e. The van der Waals surface area contributed by atoms with E-state index in [1.807, 2.05) is 18.2 Å². The summed E-state index contributed by atoms with van der Waals surface area (Å²) in [4.78, 5) is 11.9. The highest BCUT2D eigenvalue weighted by atomic mass is 35.5. The number of anilines is 2. The molecular formula is C15H15ClN4O2. The molecule has 0 spiro atoms. The van der Waals surface area contributed by atoms with Crippen LogP contribution < -0.4 is 15.4 Å². The highest BCUT2D eigenvalue weighted by Gasteiger charge is 2.18. The topological polar surface area (TPSA) is 76.1 Å². The fourth-order valence-corrected chi connectivity index (χ4v) is 2.53. The summed E-state index contributed by atoms with van der Waals surface area (Å²) in [6.45, 7) is 0.684. The Hall–Kier alpha value is -2.34. The molecule has 1 aromatic carbocycles. The Bertz CT molecular complexity index is 721. The second-order valence-corrected chi connectivity index (χ2v) is 5.27. The molecule has 6 nitrogen and oxygen atoms in total. The first kappa shape index (κ1) is 14.6.